The molecule has 1 amide bonds. The number of hydrogen-bond acceptors (Lipinski definition) is 4. The molecule has 1 aliphatic heterocycles. The molecule has 1 aromatic heterocycles. The number of hydrogen-bond donors (Lipinski definition) is 1. The highest BCUT2D eigenvalue weighted by atomic mass is 35.5. The van der Waals surface area contributed by atoms with E-state index >= 15 is 0 Å². The van der Waals surface area contributed by atoms with Gasteiger partial charge in [0.1, 0.15) is 6.54 Å². The predicted octanol–water partition coefficient (Wildman–Crippen LogP) is 2.41. The molecule has 0 saturated carbocycles. The Labute approximate surface area is 148 Å². The monoisotopic (exact) mass is 355 g/mol. The van der Waals surface area contributed by atoms with Crippen molar-refractivity contribution in [2.75, 3.05) is 19.8 Å². The van der Waals surface area contributed by atoms with E-state index in [1.165, 1.54) is 5.57 Å². The molecule has 0 radical (unpaired) electrons. The maximum atomic E-state index is 12.3. The summed E-state index contributed by atoms with van der Waals surface area (Å²) < 4.78 is 13.0. The zero-order valence-corrected chi connectivity index (χ0v) is 15.5. The molecule has 6 nitrogen and oxygen atoms in total. The Balaban J connectivity index is 1.92. The molecule has 0 spiro atoms. The van der Waals surface area contributed by atoms with E-state index in [1.807, 2.05) is 33.8 Å². The summed E-state index contributed by atoms with van der Waals surface area (Å²) in [6.45, 7) is 9.54. The van der Waals surface area contributed by atoms with E-state index in [0.29, 0.717) is 24.8 Å². The van der Waals surface area contributed by atoms with Gasteiger partial charge in [-0.1, -0.05) is 23.3 Å². The Hall–Kier alpha value is -1.37. The van der Waals surface area contributed by atoms with Crippen LogP contribution < -0.4 is 5.32 Å². The first kappa shape index (κ1) is 19.0. The second-order valence-corrected chi connectivity index (χ2v) is 6.71. The molecular formula is C17H26ClN3O3. The summed E-state index contributed by atoms with van der Waals surface area (Å²) in [4.78, 5) is 12.3. The van der Waals surface area contributed by atoms with Crippen LogP contribution in [0.15, 0.2) is 11.6 Å². The van der Waals surface area contributed by atoms with Gasteiger partial charge in [0.25, 0.3) is 0 Å². The van der Waals surface area contributed by atoms with Gasteiger partial charge in [0.2, 0.25) is 5.91 Å². The van der Waals surface area contributed by atoms with Crippen molar-refractivity contribution in [3.63, 3.8) is 0 Å². The smallest absolute Gasteiger partial charge is 0.242 e. The van der Waals surface area contributed by atoms with E-state index in [4.69, 9.17) is 21.1 Å². The van der Waals surface area contributed by atoms with Gasteiger partial charge in [-0.25, -0.2) is 0 Å². The van der Waals surface area contributed by atoms with Crippen molar-refractivity contribution < 1.29 is 14.3 Å². The van der Waals surface area contributed by atoms with Crippen LogP contribution in [0.2, 0.25) is 5.02 Å². The van der Waals surface area contributed by atoms with Crippen molar-refractivity contribution in [3.8, 4) is 0 Å². The Kier molecular flexibility index (Phi) is 6.83. The first-order chi connectivity index (χ1) is 11.4. The number of carbonyl (C=O) groups excluding carboxylic acids is 1. The summed E-state index contributed by atoms with van der Waals surface area (Å²) in [5.41, 5.74) is 2.73. The molecule has 0 aromatic carbocycles. The van der Waals surface area contributed by atoms with Crippen molar-refractivity contribution >= 4 is 17.5 Å². The summed E-state index contributed by atoms with van der Waals surface area (Å²) >= 11 is 6.12. The fourth-order valence-electron chi connectivity index (χ4n) is 2.61. The highest BCUT2D eigenvalue weighted by molar-refractivity contribution is 6.31. The van der Waals surface area contributed by atoms with Crippen molar-refractivity contribution in [2.24, 2.45) is 0 Å². The number of halogens is 1. The van der Waals surface area contributed by atoms with Gasteiger partial charge in [0.05, 0.1) is 41.8 Å². The molecule has 1 N–H and O–H groups in total. The fourth-order valence-corrected chi connectivity index (χ4v) is 2.74. The van der Waals surface area contributed by atoms with Gasteiger partial charge >= 0.3 is 0 Å². The number of allylic oxidation sites excluding steroid dienone is 1. The molecule has 134 valence electrons. The van der Waals surface area contributed by atoms with Crippen molar-refractivity contribution in [1.29, 1.82) is 0 Å². The molecule has 1 saturated heterocycles. The Bertz CT molecular complexity index is 608. The number of amides is 1. The van der Waals surface area contributed by atoms with Gasteiger partial charge in [-0.05, 0) is 34.1 Å². The molecule has 1 aliphatic rings. The van der Waals surface area contributed by atoms with Crippen LogP contribution in [0.4, 0.5) is 0 Å². The second kappa shape index (κ2) is 8.65. The minimum atomic E-state index is -0.149. The zero-order valence-electron chi connectivity index (χ0n) is 14.8. The Morgan fingerprint density at radius 1 is 1.50 bits per heavy atom. The predicted molar refractivity (Wildman–Crippen MR) is 93.2 cm³/mol. The summed E-state index contributed by atoms with van der Waals surface area (Å²) in [5.74, 6) is -0.122. The molecule has 1 aromatic rings. The number of aryl methyl sites for hydroxylation is 1. The average molecular weight is 356 g/mol. The molecule has 0 bridgehead atoms. The summed E-state index contributed by atoms with van der Waals surface area (Å²) in [6.07, 6.45) is 2.77. The van der Waals surface area contributed by atoms with Crippen LogP contribution in [0.5, 0.6) is 0 Å². The Morgan fingerprint density at radius 2 is 2.25 bits per heavy atom. The lowest BCUT2D eigenvalue weighted by atomic mass is 10.1. The fraction of sp³-hybridized carbons (Fsp3) is 0.647. The third kappa shape index (κ3) is 5.06. The van der Waals surface area contributed by atoms with E-state index < -0.39 is 0 Å². The van der Waals surface area contributed by atoms with Crippen LogP contribution in [-0.2, 0) is 20.8 Å². The Morgan fingerprint density at radius 3 is 2.88 bits per heavy atom. The van der Waals surface area contributed by atoms with Gasteiger partial charge in [-0.15, -0.1) is 0 Å². The van der Waals surface area contributed by atoms with Crippen LogP contribution in [-0.4, -0.2) is 47.7 Å². The molecule has 2 heterocycles. The summed E-state index contributed by atoms with van der Waals surface area (Å²) in [5, 5.41) is 7.89. The highest BCUT2D eigenvalue weighted by Crippen LogP contribution is 2.19. The van der Waals surface area contributed by atoms with E-state index in [0.717, 1.165) is 17.8 Å². The lowest BCUT2D eigenvalue weighted by molar-refractivity contribution is -0.126. The molecule has 2 rings (SSSR count). The quantitative estimate of drug-likeness (QED) is 0.796. The van der Waals surface area contributed by atoms with Crippen LogP contribution >= 0.6 is 11.6 Å². The maximum Gasteiger partial charge on any atom is 0.242 e. The van der Waals surface area contributed by atoms with Gasteiger partial charge in [0, 0.05) is 6.61 Å². The van der Waals surface area contributed by atoms with E-state index in [2.05, 4.69) is 10.4 Å². The molecular weight excluding hydrogens is 330 g/mol. The summed E-state index contributed by atoms with van der Waals surface area (Å²) in [7, 11) is 0. The van der Waals surface area contributed by atoms with Crippen molar-refractivity contribution in [1.82, 2.24) is 15.1 Å². The number of carbonyl (C=O) groups is 1. The third-order valence-corrected chi connectivity index (χ3v) is 4.57. The van der Waals surface area contributed by atoms with E-state index in [-0.39, 0.29) is 24.6 Å². The zero-order chi connectivity index (χ0) is 17.7. The first-order valence-electron chi connectivity index (χ1n) is 8.20. The van der Waals surface area contributed by atoms with Crippen LogP contribution in [0, 0.1) is 13.8 Å². The minimum absolute atomic E-state index is 0.0395. The molecule has 24 heavy (non-hydrogen) atoms. The number of ether oxygens (including phenoxy) is 2. The highest BCUT2D eigenvalue weighted by Gasteiger charge is 2.28. The lowest BCUT2D eigenvalue weighted by Crippen LogP contribution is -2.51. The van der Waals surface area contributed by atoms with Gasteiger partial charge in [-0.3, -0.25) is 9.48 Å². The SMILES string of the molecule is CC(C)=CCO[C@@H]1CCOC[C@@H]1NC(=O)Cn1nc(C)c(Cl)c1C. The van der Waals surface area contributed by atoms with Gasteiger partial charge < -0.3 is 14.8 Å². The van der Waals surface area contributed by atoms with Crippen LogP contribution in [0.25, 0.3) is 0 Å². The average Bonchev–Trinajstić information content (AvgIpc) is 2.76. The molecule has 1 fully saturated rings. The standard InChI is InChI=1S/C17H26ClN3O3/c1-11(2)5-8-24-15-6-7-23-10-14(15)19-16(22)9-21-13(4)17(18)12(3)20-21/h5,14-15H,6-10H2,1-4H3,(H,19,22)/t14-,15+/m0/s1. The largest absolute Gasteiger partial charge is 0.379 e. The van der Waals surface area contributed by atoms with Crippen molar-refractivity contribution in [3.05, 3.63) is 28.1 Å². The number of nitrogens with zero attached hydrogens (tertiary/aromatic N) is 2. The number of aromatic nitrogens is 2. The molecule has 2 atom stereocenters. The van der Waals surface area contributed by atoms with Crippen LogP contribution in [0.3, 0.4) is 0 Å². The van der Waals surface area contributed by atoms with E-state index in [9.17, 15) is 4.79 Å². The molecule has 7 heteroatoms. The lowest BCUT2D eigenvalue weighted by Gasteiger charge is -2.31. The number of rotatable bonds is 6. The van der Waals surface area contributed by atoms with Gasteiger partial charge in [-0.2, -0.15) is 5.10 Å². The van der Waals surface area contributed by atoms with Gasteiger partial charge in [0.15, 0.2) is 0 Å². The third-order valence-electron chi connectivity index (χ3n) is 4.03. The normalized spacial score (nSPS) is 20.7. The second-order valence-electron chi connectivity index (χ2n) is 6.33. The first-order valence-corrected chi connectivity index (χ1v) is 8.58. The maximum absolute atomic E-state index is 12.3. The number of nitrogens with one attached hydrogen (secondary N) is 1. The summed E-state index contributed by atoms with van der Waals surface area (Å²) in [6, 6.07) is -0.149. The minimum Gasteiger partial charge on any atom is -0.379 e. The topological polar surface area (TPSA) is 65.4 Å². The molecule has 0 unspecified atom stereocenters. The molecule has 0 aliphatic carbocycles. The van der Waals surface area contributed by atoms with Crippen molar-refractivity contribution in [2.45, 2.75) is 52.8 Å². The van der Waals surface area contributed by atoms with E-state index in [1.54, 1.807) is 4.68 Å². The van der Waals surface area contributed by atoms with Crippen LogP contribution in [0.1, 0.15) is 31.7 Å².